The van der Waals surface area contributed by atoms with E-state index >= 15 is 0 Å². The molecule has 1 aromatic rings. The lowest BCUT2D eigenvalue weighted by molar-refractivity contribution is 0.171. The second kappa shape index (κ2) is 6.50. The van der Waals surface area contributed by atoms with Gasteiger partial charge in [0, 0.05) is 9.61 Å². The molecule has 4 heteroatoms. The van der Waals surface area contributed by atoms with E-state index in [9.17, 15) is 4.39 Å². The number of halogens is 2. The fraction of sp³-hybridized carbons (Fsp3) is 0.600. The molecule has 4 unspecified atom stereocenters. The molecule has 1 fully saturated rings. The van der Waals surface area contributed by atoms with Crippen molar-refractivity contribution in [2.24, 2.45) is 23.6 Å². The average Bonchev–Trinajstić information content (AvgIpc) is 2.37. The van der Waals surface area contributed by atoms with E-state index in [4.69, 9.17) is 5.84 Å². The maximum absolute atomic E-state index is 13.2. The fourth-order valence-corrected chi connectivity index (χ4v) is 3.94. The molecule has 0 saturated heterocycles. The Labute approximate surface area is 128 Å². The Kier molecular flexibility index (Phi) is 5.20. The van der Waals surface area contributed by atoms with E-state index in [1.165, 1.54) is 25.3 Å². The van der Waals surface area contributed by atoms with Gasteiger partial charge in [0.15, 0.2) is 0 Å². The molecule has 4 atom stereocenters. The Balaban J connectivity index is 2.20. The average molecular weight is 376 g/mol. The van der Waals surface area contributed by atoms with Gasteiger partial charge in [0.1, 0.15) is 5.82 Å². The van der Waals surface area contributed by atoms with Crippen molar-refractivity contribution in [3.05, 3.63) is 33.1 Å². The molecule has 0 aromatic heterocycles. The molecule has 0 bridgehead atoms. The first-order valence-corrected chi connectivity index (χ1v) is 8.02. The van der Waals surface area contributed by atoms with Gasteiger partial charge in [0.05, 0.1) is 0 Å². The third kappa shape index (κ3) is 3.47. The first-order chi connectivity index (χ1) is 9.02. The molecular formula is C15H22FIN2. The van der Waals surface area contributed by atoms with Gasteiger partial charge >= 0.3 is 0 Å². The lowest BCUT2D eigenvalue weighted by Crippen LogP contribution is -2.37. The largest absolute Gasteiger partial charge is 0.271 e. The Morgan fingerprint density at radius 2 is 2.05 bits per heavy atom. The second-order valence-electron chi connectivity index (χ2n) is 5.84. The number of hydrogen-bond donors (Lipinski definition) is 2. The summed E-state index contributed by atoms with van der Waals surface area (Å²) < 4.78 is 14.2. The molecule has 0 radical (unpaired) electrons. The number of hydrogen-bond acceptors (Lipinski definition) is 2. The first kappa shape index (κ1) is 15.2. The summed E-state index contributed by atoms with van der Waals surface area (Å²) in [5, 5.41) is 0. The highest BCUT2D eigenvalue weighted by atomic mass is 127. The molecule has 19 heavy (non-hydrogen) atoms. The molecule has 1 aromatic carbocycles. The number of benzene rings is 1. The predicted octanol–water partition coefficient (Wildman–Crippen LogP) is 4.01. The van der Waals surface area contributed by atoms with Gasteiger partial charge in [-0.05, 0) is 70.9 Å². The van der Waals surface area contributed by atoms with Crippen molar-refractivity contribution < 1.29 is 4.39 Å². The summed E-state index contributed by atoms with van der Waals surface area (Å²) in [6, 6.07) is 5.10. The van der Waals surface area contributed by atoms with E-state index in [0.717, 1.165) is 21.0 Å². The van der Waals surface area contributed by atoms with Crippen molar-refractivity contribution in [3.63, 3.8) is 0 Å². The van der Waals surface area contributed by atoms with Crippen molar-refractivity contribution in [1.29, 1.82) is 0 Å². The topological polar surface area (TPSA) is 38.0 Å². The minimum atomic E-state index is -0.186. The molecule has 2 nitrogen and oxygen atoms in total. The molecule has 0 spiro atoms. The van der Waals surface area contributed by atoms with Gasteiger partial charge in [0.25, 0.3) is 0 Å². The molecular weight excluding hydrogens is 354 g/mol. The van der Waals surface area contributed by atoms with Gasteiger partial charge in [0.2, 0.25) is 0 Å². The van der Waals surface area contributed by atoms with Crippen molar-refractivity contribution in [1.82, 2.24) is 5.43 Å². The zero-order valence-electron chi connectivity index (χ0n) is 11.5. The fourth-order valence-electron chi connectivity index (χ4n) is 3.13. The van der Waals surface area contributed by atoms with Crippen LogP contribution in [0.5, 0.6) is 0 Å². The maximum atomic E-state index is 13.2. The van der Waals surface area contributed by atoms with E-state index in [1.54, 1.807) is 6.07 Å². The van der Waals surface area contributed by atoms with E-state index in [1.807, 2.05) is 6.07 Å². The molecule has 0 amide bonds. The predicted molar refractivity (Wildman–Crippen MR) is 84.9 cm³/mol. The maximum Gasteiger partial charge on any atom is 0.124 e. The van der Waals surface area contributed by atoms with E-state index in [2.05, 4.69) is 41.9 Å². The molecule has 1 aliphatic carbocycles. The summed E-state index contributed by atoms with van der Waals surface area (Å²) in [7, 11) is 0. The van der Waals surface area contributed by atoms with Gasteiger partial charge in [-0.25, -0.2) is 4.39 Å². The molecule has 3 N–H and O–H groups in total. The van der Waals surface area contributed by atoms with Crippen molar-refractivity contribution in [2.45, 2.75) is 39.2 Å². The Morgan fingerprint density at radius 1 is 1.32 bits per heavy atom. The quantitative estimate of drug-likeness (QED) is 0.475. The van der Waals surface area contributed by atoms with Gasteiger partial charge in [-0.3, -0.25) is 11.3 Å². The van der Waals surface area contributed by atoms with Gasteiger partial charge in [-0.2, -0.15) is 0 Å². The van der Waals surface area contributed by atoms with Crippen LogP contribution < -0.4 is 11.3 Å². The Morgan fingerprint density at radius 3 is 2.63 bits per heavy atom. The Hall–Kier alpha value is -0.200. The monoisotopic (exact) mass is 376 g/mol. The van der Waals surface area contributed by atoms with E-state index in [-0.39, 0.29) is 11.9 Å². The summed E-state index contributed by atoms with van der Waals surface area (Å²) in [6.45, 7) is 4.65. The lowest BCUT2D eigenvalue weighted by atomic mass is 9.72. The number of nitrogens with two attached hydrogens (primary N) is 1. The van der Waals surface area contributed by atoms with Crippen molar-refractivity contribution >= 4 is 22.6 Å². The third-order valence-corrected chi connectivity index (χ3v) is 5.52. The molecule has 0 aliphatic heterocycles. The van der Waals surface area contributed by atoms with Crippen LogP contribution >= 0.6 is 22.6 Å². The highest BCUT2D eigenvalue weighted by Crippen LogP contribution is 2.40. The summed E-state index contributed by atoms with van der Waals surface area (Å²) in [5.74, 6) is 7.65. The summed E-state index contributed by atoms with van der Waals surface area (Å²) in [6.07, 6.45) is 3.62. The minimum absolute atomic E-state index is 0.127. The summed E-state index contributed by atoms with van der Waals surface area (Å²) in [4.78, 5) is 0. The van der Waals surface area contributed by atoms with Crippen LogP contribution in [0.2, 0.25) is 0 Å². The zero-order valence-corrected chi connectivity index (χ0v) is 13.7. The smallest absolute Gasteiger partial charge is 0.124 e. The van der Waals surface area contributed by atoms with Crippen LogP contribution in [0.1, 0.15) is 44.7 Å². The molecule has 0 heterocycles. The summed E-state index contributed by atoms with van der Waals surface area (Å²) in [5.41, 5.74) is 4.08. The molecule has 1 saturated carbocycles. The number of rotatable bonds is 3. The lowest BCUT2D eigenvalue weighted by Gasteiger charge is -2.37. The van der Waals surface area contributed by atoms with E-state index < -0.39 is 0 Å². The van der Waals surface area contributed by atoms with Crippen LogP contribution in [-0.4, -0.2) is 0 Å². The standard InChI is InChI=1S/C15H22FIN2/c1-9-3-4-11(7-10(9)2)15(19-18)13-6-5-12(16)8-14(13)17/h5-6,8-11,15,19H,3-4,7,18H2,1-2H3. The van der Waals surface area contributed by atoms with Crippen LogP contribution in [0.15, 0.2) is 18.2 Å². The van der Waals surface area contributed by atoms with Gasteiger partial charge in [-0.1, -0.05) is 26.3 Å². The van der Waals surface area contributed by atoms with Crippen LogP contribution in [0.3, 0.4) is 0 Å². The molecule has 2 rings (SSSR count). The highest BCUT2D eigenvalue weighted by molar-refractivity contribution is 14.1. The van der Waals surface area contributed by atoms with Crippen molar-refractivity contribution in [2.75, 3.05) is 0 Å². The van der Waals surface area contributed by atoms with Gasteiger partial charge in [-0.15, -0.1) is 0 Å². The van der Waals surface area contributed by atoms with Crippen molar-refractivity contribution in [3.8, 4) is 0 Å². The van der Waals surface area contributed by atoms with Crippen LogP contribution in [0, 0.1) is 27.1 Å². The summed E-state index contributed by atoms with van der Waals surface area (Å²) >= 11 is 2.19. The first-order valence-electron chi connectivity index (χ1n) is 6.94. The normalized spacial score (nSPS) is 29.2. The molecule has 106 valence electrons. The van der Waals surface area contributed by atoms with Crippen LogP contribution in [-0.2, 0) is 0 Å². The van der Waals surface area contributed by atoms with E-state index in [0.29, 0.717) is 5.92 Å². The van der Waals surface area contributed by atoms with Crippen LogP contribution in [0.4, 0.5) is 4.39 Å². The second-order valence-corrected chi connectivity index (χ2v) is 7.00. The third-order valence-electron chi connectivity index (χ3n) is 4.59. The number of hydrazine groups is 1. The van der Waals surface area contributed by atoms with Gasteiger partial charge < -0.3 is 0 Å². The SMILES string of the molecule is CC1CCC(C(NN)c2ccc(F)cc2I)CC1C. The van der Waals surface area contributed by atoms with Crippen LogP contribution in [0.25, 0.3) is 0 Å². The molecule has 1 aliphatic rings. The number of nitrogens with one attached hydrogen (secondary N) is 1. The Bertz CT molecular complexity index is 438. The minimum Gasteiger partial charge on any atom is -0.271 e. The zero-order chi connectivity index (χ0) is 14.0. The highest BCUT2D eigenvalue weighted by Gasteiger charge is 2.31.